The molecule has 0 bridgehead atoms. The van der Waals surface area contributed by atoms with Crippen molar-refractivity contribution in [1.82, 2.24) is 0 Å². The number of alkyl halides is 3. The summed E-state index contributed by atoms with van der Waals surface area (Å²) >= 11 is 0. The zero-order chi connectivity index (χ0) is 11.6. The zero-order valence-corrected chi connectivity index (χ0v) is 7.95. The van der Waals surface area contributed by atoms with Crippen LogP contribution in [0.4, 0.5) is 17.6 Å². The van der Waals surface area contributed by atoms with Gasteiger partial charge in [-0.1, -0.05) is 6.07 Å². The standard InChI is InChI=1S/C10H9F4N/c1-6(15)4-7-2-3-8(5-9(7)11)10(12,13)14/h2-3,5,15H,4H2,1H3. The van der Waals surface area contributed by atoms with E-state index in [1.807, 2.05) is 0 Å². The van der Waals surface area contributed by atoms with E-state index in [1.165, 1.54) is 6.92 Å². The van der Waals surface area contributed by atoms with Crippen molar-refractivity contribution in [3.05, 3.63) is 35.1 Å². The molecule has 0 aliphatic rings. The van der Waals surface area contributed by atoms with Gasteiger partial charge in [-0.3, -0.25) is 0 Å². The molecule has 0 saturated heterocycles. The largest absolute Gasteiger partial charge is 0.416 e. The van der Waals surface area contributed by atoms with Crippen molar-refractivity contribution >= 4 is 5.71 Å². The molecule has 0 saturated carbocycles. The normalized spacial score (nSPS) is 11.5. The number of hydrogen-bond acceptors (Lipinski definition) is 1. The molecule has 0 fully saturated rings. The predicted molar refractivity (Wildman–Crippen MR) is 48.5 cm³/mol. The van der Waals surface area contributed by atoms with Crippen molar-refractivity contribution in [3.8, 4) is 0 Å². The fraction of sp³-hybridized carbons (Fsp3) is 0.300. The molecule has 1 aromatic rings. The highest BCUT2D eigenvalue weighted by Crippen LogP contribution is 2.30. The summed E-state index contributed by atoms with van der Waals surface area (Å²) in [4.78, 5) is 0. The van der Waals surface area contributed by atoms with Gasteiger partial charge in [0.15, 0.2) is 0 Å². The third-order valence-corrected chi connectivity index (χ3v) is 1.84. The molecule has 1 nitrogen and oxygen atoms in total. The third kappa shape index (κ3) is 3.04. The Morgan fingerprint density at radius 3 is 2.33 bits per heavy atom. The maximum Gasteiger partial charge on any atom is 0.416 e. The van der Waals surface area contributed by atoms with Crippen molar-refractivity contribution in [2.75, 3.05) is 0 Å². The van der Waals surface area contributed by atoms with Gasteiger partial charge in [0, 0.05) is 12.1 Å². The maximum absolute atomic E-state index is 13.1. The first-order chi connectivity index (χ1) is 6.80. The summed E-state index contributed by atoms with van der Waals surface area (Å²) < 4.78 is 49.6. The molecular weight excluding hydrogens is 210 g/mol. The Kier molecular flexibility index (Phi) is 3.12. The zero-order valence-electron chi connectivity index (χ0n) is 7.95. The Morgan fingerprint density at radius 1 is 1.33 bits per heavy atom. The van der Waals surface area contributed by atoms with Gasteiger partial charge >= 0.3 is 6.18 Å². The third-order valence-electron chi connectivity index (χ3n) is 1.84. The van der Waals surface area contributed by atoms with Crippen molar-refractivity contribution in [3.63, 3.8) is 0 Å². The van der Waals surface area contributed by atoms with E-state index in [4.69, 9.17) is 5.41 Å². The summed E-state index contributed by atoms with van der Waals surface area (Å²) in [5.41, 5.74) is -0.699. The Bertz CT molecular complexity index is 381. The molecule has 0 aromatic heterocycles. The lowest BCUT2D eigenvalue weighted by molar-refractivity contribution is -0.137. The van der Waals surface area contributed by atoms with E-state index in [1.54, 1.807) is 0 Å². The van der Waals surface area contributed by atoms with Crippen LogP contribution in [0.3, 0.4) is 0 Å². The van der Waals surface area contributed by atoms with Crippen LogP contribution in [0.1, 0.15) is 18.1 Å². The second-order valence-corrected chi connectivity index (χ2v) is 3.26. The fourth-order valence-corrected chi connectivity index (χ4v) is 1.15. The Morgan fingerprint density at radius 2 is 1.93 bits per heavy atom. The number of hydrogen-bond donors (Lipinski definition) is 1. The van der Waals surface area contributed by atoms with Crippen LogP contribution in [0.2, 0.25) is 0 Å². The van der Waals surface area contributed by atoms with Crippen molar-refractivity contribution < 1.29 is 17.6 Å². The summed E-state index contributed by atoms with van der Waals surface area (Å²) in [5, 5.41) is 7.12. The fourth-order valence-electron chi connectivity index (χ4n) is 1.15. The van der Waals surface area contributed by atoms with Crippen LogP contribution in [0, 0.1) is 11.2 Å². The van der Waals surface area contributed by atoms with Crippen LogP contribution < -0.4 is 0 Å². The van der Waals surface area contributed by atoms with E-state index < -0.39 is 17.6 Å². The molecule has 15 heavy (non-hydrogen) atoms. The summed E-state index contributed by atoms with van der Waals surface area (Å²) in [7, 11) is 0. The highest BCUT2D eigenvalue weighted by Gasteiger charge is 2.31. The summed E-state index contributed by atoms with van der Waals surface area (Å²) in [6.45, 7) is 1.47. The van der Waals surface area contributed by atoms with Gasteiger partial charge in [0.05, 0.1) is 5.56 Å². The lowest BCUT2D eigenvalue weighted by atomic mass is 10.1. The van der Waals surface area contributed by atoms with E-state index >= 15 is 0 Å². The smallest absolute Gasteiger partial charge is 0.310 e. The molecule has 0 amide bonds. The number of benzene rings is 1. The summed E-state index contributed by atoms with van der Waals surface area (Å²) in [5.74, 6) is -0.920. The lowest BCUT2D eigenvalue weighted by Crippen LogP contribution is -2.07. The first-order valence-electron chi connectivity index (χ1n) is 4.20. The van der Waals surface area contributed by atoms with Gasteiger partial charge in [-0.25, -0.2) is 4.39 Å². The van der Waals surface area contributed by atoms with Crippen LogP contribution in [0.25, 0.3) is 0 Å². The molecule has 82 valence electrons. The first kappa shape index (κ1) is 11.7. The van der Waals surface area contributed by atoms with Gasteiger partial charge in [-0.05, 0) is 24.6 Å². The monoisotopic (exact) mass is 219 g/mol. The second-order valence-electron chi connectivity index (χ2n) is 3.26. The Labute approximate surface area is 84.2 Å². The van der Waals surface area contributed by atoms with Crippen LogP contribution in [0.15, 0.2) is 18.2 Å². The molecule has 0 aliphatic heterocycles. The Hall–Kier alpha value is -1.39. The van der Waals surface area contributed by atoms with E-state index in [0.717, 1.165) is 12.1 Å². The molecular formula is C10H9F4N. The van der Waals surface area contributed by atoms with Gasteiger partial charge in [0.1, 0.15) is 5.82 Å². The second kappa shape index (κ2) is 4.00. The first-order valence-corrected chi connectivity index (χ1v) is 4.20. The maximum atomic E-state index is 13.1. The van der Waals surface area contributed by atoms with Gasteiger partial charge < -0.3 is 5.41 Å². The van der Waals surface area contributed by atoms with Crippen molar-refractivity contribution in [2.24, 2.45) is 0 Å². The molecule has 0 radical (unpaired) electrons. The van der Waals surface area contributed by atoms with Crippen molar-refractivity contribution in [1.29, 1.82) is 5.41 Å². The molecule has 1 aromatic carbocycles. The molecule has 1 rings (SSSR count). The minimum absolute atomic E-state index is 0.0317. The molecule has 0 heterocycles. The quantitative estimate of drug-likeness (QED) is 0.582. The lowest BCUT2D eigenvalue weighted by Gasteiger charge is -2.08. The SMILES string of the molecule is CC(=N)Cc1ccc(C(F)(F)F)cc1F. The van der Waals surface area contributed by atoms with Gasteiger partial charge in [-0.2, -0.15) is 13.2 Å². The predicted octanol–water partition coefficient (Wildman–Crippen LogP) is 3.43. The minimum Gasteiger partial charge on any atom is -0.310 e. The average Bonchev–Trinajstić information content (AvgIpc) is 2.05. The van der Waals surface area contributed by atoms with Crippen molar-refractivity contribution in [2.45, 2.75) is 19.5 Å². The molecule has 0 spiro atoms. The summed E-state index contributed by atoms with van der Waals surface area (Å²) in [6.07, 6.45) is -4.50. The highest BCUT2D eigenvalue weighted by atomic mass is 19.4. The molecule has 0 unspecified atom stereocenters. The van der Waals surface area contributed by atoms with Gasteiger partial charge in [-0.15, -0.1) is 0 Å². The number of rotatable bonds is 2. The van der Waals surface area contributed by atoms with Gasteiger partial charge in [0.25, 0.3) is 0 Å². The minimum atomic E-state index is -4.53. The van der Waals surface area contributed by atoms with Gasteiger partial charge in [0.2, 0.25) is 0 Å². The summed E-state index contributed by atoms with van der Waals surface area (Å²) in [6, 6.07) is 2.34. The van der Waals surface area contributed by atoms with Crippen LogP contribution in [0.5, 0.6) is 0 Å². The van der Waals surface area contributed by atoms with Crippen LogP contribution >= 0.6 is 0 Å². The topological polar surface area (TPSA) is 23.9 Å². The van der Waals surface area contributed by atoms with Crippen LogP contribution in [-0.4, -0.2) is 5.71 Å². The van der Waals surface area contributed by atoms with E-state index in [9.17, 15) is 17.6 Å². The molecule has 5 heteroatoms. The Balaban J connectivity index is 3.03. The molecule has 0 atom stereocenters. The van der Waals surface area contributed by atoms with E-state index in [0.29, 0.717) is 6.07 Å². The highest BCUT2D eigenvalue weighted by molar-refractivity contribution is 5.81. The van der Waals surface area contributed by atoms with E-state index in [2.05, 4.69) is 0 Å². The molecule has 1 N–H and O–H groups in total. The van der Waals surface area contributed by atoms with E-state index in [-0.39, 0.29) is 17.7 Å². The molecule has 0 aliphatic carbocycles. The average molecular weight is 219 g/mol. The number of halogens is 4. The van der Waals surface area contributed by atoms with Crippen LogP contribution in [-0.2, 0) is 12.6 Å². The number of nitrogens with one attached hydrogen (secondary N) is 1.